The van der Waals surface area contributed by atoms with Crippen molar-refractivity contribution < 1.29 is 4.79 Å². The van der Waals surface area contributed by atoms with Crippen LogP contribution in [0.5, 0.6) is 0 Å². The lowest BCUT2D eigenvalue weighted by Gasteiger charge is -2.38. The molecule has 1 aliphatic rings. The Morgan fingerprint density at radius 3 is 2.68 bits per heavy atom. The van der Waals surface area contributed by atoms with Gasteiger partial charge in [0.15, 0.2) is 0 Å². The number of hydrogen-bond donors (Lipinski definition) is 1. The van der Waals surface area contributed by atoms with Gasteiger partial charge in [-0.05, 0) is 31.4 Å². The molecule has 0 bridgehead atoms. The lowest BCUT2D eigenvalue weighted by Crippen LogP contribution is -2.51. The minimum Gasteiger partial charge on any atom is -0.334 e. The van der Waals surface area contributed by atoms with E-state index in [2.05, 4.69) is 36.2 Å². The molecule has 1 saturated heterocycles. The number of likely N-dealkylation sites (tertiary alicyclic amines) is 1. The molecular formula is C16H24N2O. The fourth-order valence-electron chi connectivity index (χ4n) is 2.96. The summed E-state index contributed by atoms with van der Waals surface area (Å²) in [6.07, 6.45) is 3.02. The van der Waals surface area contributed by atoms with Crippen molar-refractivity contribution in [2.24, 2.45) is 0 Å². The zero-order valence-corrected chi connectivity index (χ0v) is 11.9. The van der Waals surface area contributed by atoms with E-state index in [9.17, 15) is 4.79 Å². The fraction of sp³-hybridized carbons (Fsp3) is 0.562. The van der Waals surface area contributed by atoms with Crippen LogP contribution in [0.2, 0.25) is 0 Å². The summed E-state index contributed by atoms with van der Waals surface area (Å²) >= 11 is 0. The van der Waals surface area contributed by atoms with Gasteiger partial charge in [0.25, 0.3) is 0 Å². The third-order valence-corrected chi connectivity index (χ3v) is 3.87. The Kier molecular flexibility index (Phi) is 4.97. The van der Waals surface area contributed by atoms with Gasteiger partial charge in [-0.3, -0.25) is 4.79 Å². The summed E-state index contributed by atoms with van der Waals surface area (Å²) < 4.78 is 0. The molecule has 2 atom stereocenters. The van der Waals surface area contributed by atoms with Crippen LogP contribution in [0.3, 0.4) is 0 Å². The molecule has 1 N–H and O–H groups in total. The highest BCUT2D eigenvalue weighted by Crippen LogP contribution is 2.28. The van der Waals surface area contributed by atoms with Crippen molar-refractivity contribution in [1.82, 2.24) is 10.2 Å². The van der Waals surface area contributed by atoms with E-state index >= 15 is 0 Å². The molecule has 1 fully saturated rings. The van der Waals surface area contributed by atoms with Crippen molar-refractivity contribution in [2.45, 2.75) is 45.2 Å². The Balaban J connectivity index is 2.16. The number of nitrogens with zero attached hydrogens (tertiary/aromatic N) is 1. The molecule has 104 valence electrons. The average Bonchev–Trinajstić information content (AvgIpc) is 2.45. The van der Waals surface area contributed by atoms with Crippen LogP contribution in [-0.4, -0.2) is 29.9 Å². The summed E-state index contributed by atoms with van der Waals surface area (Å²) in [5.41, 5.74) is 1.25. The van der Waals surface area contributed by atoms with Gasteiger partial charge in [0, 0.05) is 6.54 Å². The van der Waals surface area contributed by atoms with Crippen LogP contribution in [-0.2, 0) is 4.79 Å². The van der Waals surface area contributed by atoms with Gasteiger partial charge in [-0.15, -0.1) is 0 Å². The quantitative estimate of drug-likeness (QED) is 0.883. The number of piperidine rings is 1. The van der Waals surface area contributed by atoms with Gasteiger partial charge in [-0.1, -0.05) is 44.2 Å². The summed E-state index contributed by atoms with van der Waals surface area (Å²) in [5, 5.41) is 3.30. The molecule has 1 aromatic carbocycles. The van der Waals surface area contributed by atoms with Gasteiger partial charge in [-0.25, -0.2) is 0 Å². The molecule has 19 heavy (non-hydrogen) atoms. The van der Waals surface area contributed by atoms with Crippen molar-refractivity contribution in [3.05, 3.63) is 35.9 Å². The van der Waals surface area contributed by atoms with Crippen LogP contribution in [0, 0.1) is 0 Å². The van der Waals surface area contributed by atoms with Crippen LogP contribution in [0.4, 0.5) is 0 Å². The lowest BCUT2D eigenvalue weighted by atomic mass is 9.97. The minimum atomic E-state index is 0.0107. The Labute approximate surface area is 116 Å². The zero-order chi connectivity index (χ0) is 13.7. The first-order chi connectivity index (χ1) is 9.27. The largest absolute Gasteiger partial charge is 0.334 e. The average molecular weight is 260 g/mol. The molecule has 2 rings (SSSR count). The summed E-state index contributed by atoms with van der Waals surface area (Å²) in [6.45, 7) is 5.95. The maximum atomic E-state index is 12.6. The third-order valence-electron chi connectivity index (χ3n) is 3.87. The summed E-state index contributed by atoms with van der Waals surface area (Å²) in [4.78, 5) is 14.6. The molecule has 3 nitrogen and oxygen atoms in total. The second-order valence-electron chi connectivity index (χ2n) is 5.12. The molecule has 1 amide bonds. The number of amides is 1. The van der Waals surface area contributed by atoms with Crippen LogP contribution in [0.1, 0.15) is 44.7 Å². The summed E-state index contributed by atoms with van der Waals surface area (Å²) in [7, 11) is 0. The molecule has 0 saturated carbocycles. The third kappa shape index (κ3) is 3.16. The predicted octanol–water partition coefficient (Wildman–Crippen LogP) is 2.74. The van der Waals surface area contributed by atoms with E-state index in [0.717, 1.165) is 32.4 Å². The molecule has 0 aliphatic carbocycles. The minimum absolute atomic E-state index is 0.0107. The Bertz CT molecular complexity index is 402. The van der Waals surface area contributed by atoms with E-state index in [1.165, 1.54) is 5.56 Å². The monoisotopic (exact) mass is 260 g/mol. The van der Waals surface area contributed by atoms with Gasteiger partial charge < -0.3 is 10.2 Å². The van der Waals surface area contributed by atoms with Crippen molar-refractivity contribution in [3.8, 4) is 0 Å². The van der Waals surface area contributed by atoms with Crippen LogP contribution in [0.15, 0.2) is 30.3 Å². The Morgan fingerprint density at radius 2 is 2.05 bits per heavy atom. The second-order valence-corrected chi connectivity index (χ2v) is 5.12. The molecule has 3 heteroatoms. The number of hydrogen-bond acceptors (Lipinski definition) is 2. The van der Waals surface area contributed by atoms with Crippen LogP contribution in [0.25, 0.3) is 0 Å². The summed E-state index contributed by atoms with van der Waals surface area (Å²) in [6, 6.07) is 10.6. The van der Waals surface area contributed by atoms with Crippen LogP contribution < -0.4 is 5.32 Å². The first-order valence-electron chi connectivity index (χ1n) is 7.36. The van der Waals surface area contributed by atoms with E-state index in [1.54, 1.807) is 0 Å². The van der Waals surface area contributed by atoms with Crippen molar-refractivity contribution in [3.63, 3.8) is 0 Å². The highest BCUT2D eigenvalue weighted by molar-refractivity contribution is 5.83. The SMILES string of the molecule is CCNC1CCCN(C(CC)c2ccccc2)C1=O. The van der Waals surface area contributed by atoms with Gasteiger partial charge in [0.1, 0.15) is 0 Å². The number of carbonyl (C=O) groups excluding carboxylic acids is 1. The molecule has 0 radical (unpaired) electrons. The van der Waals surface area contributed by atoms with Gasteiger partial charge in [-0.2, -0.15) is 0 Å². The standard InChI is InChI=1S/C16H24N2O/c1-3-15(13-9-6-5-7-10-13)18-12-8-11-14(16(18)19)17-4-2/h5-7,9-10,14-15,17H,3-4,8,11-12H2,1-2H3. The number of carbonyl (C=O) groups is 1. The van der Waals surface area contributed by atoms with E-state index < -0.39 is 0 Å². The molecule has 0 aromatic heterocycles. The fourth-order valence-corrected chi connectivity index (χ4v) is 2.96. The second kappa shape index (κ2) is 6.71. The molecule has 2 unspecified atom stereocenters. The zero-order valence-electron chi connectivity index (χ0n) is 11.9. The van der Waals surface area contributed by atoms with E-state index in [1.807, 2.05) is 18.2 Å². The van der Waals surface area contributed by atoms with E-state index in [-0.39, 0.29) is 18.0 Å². The van der Waals surface area contributed by atoms with Crippen molar-refractivity contribution in [1.29, 1.82) is 0 Å². The molecule has 1 aliphatic heterocycles. The lowest BCUT2D eigenvalue weighted by molar-refractivity contribution is -0.138. The molecule has 0 spiro atoms. The van der Waals surface area contributed by atoms with Crippen molar-refractivity contribution >= 4 is 5.91 Å². The predicted molar refractivity (Wildman–Crippen MR) is 77.9 cm³/mol. The Hall–Kier alpha value is -1.35. The van der Waals surface area contributed by atoms with Gasteiger partial charge >= 0.3 is 0 Å². The van der Waals surface area contributed by atoms with Crippen molar-refractivity contribution in [2.75, 3.05) is 13.1 Å². The number of nitrogens with one attached hydrogen (secondary N) is 1. The number of benzene rings is 1. The van der Waals surface area contributed by atoms with Gasteiger partial charge in [0.2, 0.25) is 5.91 Å². The Morgan fingerprint density at radius 1 is 1.32 bits per heavy atom. The molecule has 1 heterocycles. The topological polar surface area (TPSA) is 32.3 Å². The number of rotatable bonds is 5. The first kappa shape index (κ1) is 14.1. The molecular weight excluding hydrogens is 236 g/mol. The highest BCUT2D eigenvalue weighted by Gasteiger charge is 2.32. The normalized spacial score (nSPS) is 21.5. The molecule has 1 aromatic rings. The number of likely N-dealkylation sites (N-methyl/N-ethyl adjacent to an activating group) is 1. The van der Waals surface area contributed by atoms with Crippen LogP contribution >= 0.6 is 0 Å². The maximum absolute atomic E-state index is 12.6. The first-order valence-corrected chi connectivity index (χ1v) is 7.36. The summed E-state index contributed by atoms with van der Waals surface area (Å²) in [5.74, 6) is 0.267. The van der Waals surface area contributed by atoms with E-state index in [0.29, 0.717) is 0 Å². The van der Waals surface area contributed by atoms with E-state index in [4.69, 9.17) is 0 Å². The van der Waals surface area contributed by atoms with Gasteiger partial charge in [0.05, 0.1) is 12.1 Å². The maximum Gasteiger partial charge on any atom is 0.240 e. The highest BCUT2D eigenvalue weighted by atomic mass is 16.2. The smallest absolute Gasteiger partial charge is 0.240 e.